The summed E-state index contributed by atoms with van der Waals surface area (Å²) in [6.45, 7) is 0. The Balaban J connectivity index is 2.33. The van der Waals surface area contributed by atoms with Crippen LogP contribution in [0, 0.1) is 0 Å². The number of hydrogen-bond donors (Lipinski definition) is 6. The number of benzene rings is 2. The molecule has 0 aliphatic carbocycles. The van der Waals surface area contributed by atoms with Gasteiger partial charge in [-0.1, -0.05) is 0 Å². The van der Waals surface area contributed by atoms with Gasteiger partial charge in [-0.15, -0.1) is 0 Å². The Kier molecular flexibility index (Phi) is 4.01. The fraction of sp³-hybridized carbons (Fsp3) is 0. The maximum atomic E-state index is 12.3. The molecule has 3 rings (SSSR count). The molecule has 0 saturated carbocycles. The van der Waals surface area contributed by atoms with Crippen LogP contribution in [0.5, 0.6) is 34.5 Å². The lowest BCUT2D eigenvalue weighted by atomic mass is 10.1. The van der Waals surface area contributed by atoms with Crippen LogP contribution in [0.25, 0.3) is 22.3 Å². The van der Waals surface area contributed by atoms with Crippen molar-refractivity contribution in [3.05, 3.63) is 34.5 Å². The van der Waals surface area contributed by atoms with Gasteiger partial charge in [-0.2, -0.15) is 8.42 Å². The first-order valence-corrected chi connectivity index (χ1v) is 8.30. The van der Waals surface area contributed by atoms with Crippen LogP contribution in [-0.2, 0) is 10.4 Å². The van der Waals surface area contributed by atoms with E-state index in [4.69, 9.17) is 8.97 Å². The van der Waals surface area contributed by atoms with Crippen LogP contribution in [-0.4, -0.2) is 38.5 Å². The summed E-state index contributed by atoms with van der Waals surface area (Å²) in [6, 6.07) is 3.49. The molecule has 142 valence electrons. The molecule has 0 aliphatic heterocycles. The summed E-state index contributed by atoms with van der Waals surface area (Å²) < 4.78 is 39.7. The van der Waals surface area contributed by atoms with E-state index in [1.165, 1.54) is 0 Å². The molecule has 0 spiro atoms. The third kappa shape index (κ3) is 3.14. The van der Waals surface area contributed by atoms with Gasteiger partial charge >= 0.3 is 10.4 Å². The van der Waals surface area contributed by atoms with Gasteiger partial charge in [-0.05, 0) is 18.2 Å². The number of phenols is 4. The standard InChI is InChI=1S/C15H10O11S/c16-6-2-1-5(3-9(6)26-27(22,23)24)14-13(21)12(20)10-7(17)4-8(18)11(19)15(10)25-14/h1-4,16-19,21H,(H,22,23,24). The van der Waals surface area contributed by atoms with Crippen LogP contribution in [0.15, 0.2) is 33.5 Å². The van der Waals surface area contributed by atoms with Crippen molar-refractivity contribution < 1.29 is 47.1 Å². The predicted molar refractivity (Wildman–Crippen MR) is 88.4 cm³/mol. The Hall–Kier alpha value is -3.64. The molecule has 11 nitrogen and oxygen atoms in total. The Bertz CT molecular complexity index is 1240. The molecule has 2 aromatic carbocycles. The van der Waals surface area contributed by atoms with Crippen LogP contribution in [0.1, 0.15) is 0 Å². The molecular formula is C15H10O11S. The fourth-order valence-corrected chi connectivity index (χ4v) is 2.70. The van der Waals surface area contributed by atoms with Gasteiger partial charge in [0.05, 0.1) is 0 Å². The lowest BCUT2D eigenvalue weighted by Crippen LogP contribution is -2.07. The van der Waals surface area contributed by atoms with Crippen LogP contribution in [0.4, 0.5) is 0 Å². The molecule has 0 amide bonds. The lowest BCUT2D eigenvalue weighted by Gasteiger charge is -2.10. The summed E-state index contributed by atoms with van der Waals surface area (Å²) in [5.74, 6) is -5.54. The number of hydrogen-bond acceptors (Lipinski definition) is 10. The van der Waals surface area contributed by atoms with Crippen molar-refractivity contribution in [1.29, 1.82) is 0 Å². The van der Waals surface area contributed by atoms with Crippen molar-refractivity contribution in [3.8, 4) is 45.8 Å². The lowest BCUT2D eigenvalue weighted by molar-refractivity contribution is 0.371. The highest BCUT2D eigenvalue weighted by molar-refractivity contribution is 7.81. The highest BCUT2D eigenvalue weighted by Crippen LogP contribution is 2.42. The van der Waals surface area contributed by atoms with Crippen LogP contribution < -0.4 is 9.61 Å². The van der Waals surface area contributed by atoms with Crippen molar-refractivity contribution in [2.45, 2.75) is 0 Å². The van der Waals surface area contributed by atoms with Crippen LogP contribution >= 0.6 is 0 Å². The minimum atomic E-state index is -4.99. The average Bonchev–Trinajstić information content (AvgIpc) is 2.56. The van der Waals surface area contributed by atoms with E-state index in [0.29, 0.717) is 6.07 Å². The summed E-state index contributed by atoms with van der Waals surface area (Å²) >= 11 is 0. The van der Waals surface area contributed by atoms with Gasteiger partial charge in [0.15, 0.2) is 28.6 Å². The summed E-state index contributed by atoms with van der Waals surface area (Å²) in [4.78, 5) is 12.3. The number of rotatable bonds is 3. The molecule has 6 N–H and O–H groups in total. The second-order valence-corrected chi connectivity index (χ2v) is 6.29. The van der Waals surface area contributed by atoms with E-state index < -0.39 is 67.1 Å². The van der Waals surface area contributed by atoms with Crippen molar-refractivity contribution in [3.63, 3.8) is 0 Å². The topological polar surface area (TPSA) is 195 Å². The minimum absolute atomic E-state index is 0.204. The monoisotopic (exact) mass is 398 g/mol. The second-order valence-electron chi connectivity index (χ2n) is 5.27. The molecule has 0 bridgehead atoms. The SMILES string of the molecule is O=c1c(O)c(-c2ccc(O)c(OS(=O)(=O)O)c2)oc2c(O)c(O)cc(O)c12. The third-order valence-corrected chi connectivity index (χ3v) is 3.88. The zero-order valence-electron chi connectivity index (χ0n) is 12.9. The van der Waals surface area contributed by atoms with E-state index in [1.54, 1.807) is 0 Å². The van der Waals surface area contributed by atoms with Crippen LogP contribution in [0.3, 0.4) is 0 Å². The third-order valence-electron chi connectivity index (χ3n) is 3.49. The molecule has 0 radical (unpaired) electrons. The van der Waals surface area contributed by atoms with Gasteiger partial charge in [0, 0.05) is 11.6 Å². The van der Waals surface area contributed by atoms with Gasteiger partial charge in [0.1, 0.15) is 11.1 Å². The Morgan fingerprint density at radius 3 is 2.19 bits per heavy atom. The highest BCUT2D eigenvalue weighted by Gasteiger charge is 2.23. The molecule has 0 aliphatic rings. The van der Waals surface area contributed by atoms with E-state index in [-0.39, 0.29) is 5.56 Å². The number of fused-ring (bicyclic) bond motifs is 1. The zero-order valence-corrected chi connectivity index (χ0v) is 13.8. The zero-order chi connectivity index (χ0) is 20.1. The fourth-order valence-electron chi connectivity index (χ4n) is 2.34. The molecule has 0 atom stereocenters. The Labute approximate surface area is 149 Å². The van der Waals surface area contributed by atoms with Gasteiger partial charge in [-0.3, -0.25) is 9.35 Å². The van der Waals surface area contributed by atoms with Crippen molar-refractivity contribution in [2.75, 3.05) is 0 Å². The van der Waals surface area contributed by atoms with E-state index >= 15 is 0 Å². The minimum Gasteiger partial charge on any atom is -0.507 e. The Morgan fingerprint density at radius 1 is 0.889 bits per heavy atom. The summed E-state index contributed by atoms with van der Waals surface area (Å²) in [7, 11) is -4.99. The molecule has 0 fully saturated rings. The van der Waals surface area contributed by atoms with Crippen molar-refractivity contribution in [1.82, 2.24) is 0 Å². The maximum Gasteiger partial charge on any atom is 0.446 e. The molecule has 1 aromatic heterocycles. The Morgan fingerprint density at radius 2 is 1.56 bits per heavy atom. The van der Waals surface area contributed by atoms with Gasteiger partial charge in [-0.25, -0.2) is 0 Å². The van der Waals surface area contributed by atoms with Crippen LogP contribution in [0.2, 0.25) is 0 Å². The van der Waals surface area contributed by atoms with Gasteiger partial charge < -0.3 is 34.1 Å². The van der Waals surface area contributed by atoms with Gasteiger partial charge in [0.2, 0.25) is 16.9 Å². The molecule has 12 heteroatoms. The van der Waals surface area contributed by atoms with E-state index in [1.807, 2.05) is 0 Å². The quantitative estimate of drug-likeness (QED) is 0.210. The second kappa shape index (κ2) is 5.96. The normalized spacial score (nSPS) is 11.6. The molecule has 0 unspecified atom stereocenters. The van der Waals surface area contributed by atoms with Crippen molar-refractivity contribution >= 4 is 21.4 Å². The first-order chi connectivity index (χ1) is 12.5. The number of phenolic OH excluding ortho intramolecular Hbond substituents is 4. The largest absolute Gasteiger partial charge is 0.507 e. The molecular weight excluding hydrogens is 388 g/mol. The molecule has 27 heavy (non-hydrogen) atoms. The van der Waals surface area contributed by atoms with E-state index in [2.05, 4.69) is 4.18 Å². The van der Waals surface area contributed by atoms with E-state index in [9.17, 15) is 38.7 Å². The summed E-state index contributed by atoms with van der Waals surface area (Å²) in [5.41, 5.74) is -2.02. The molecule has 3 aromatic rings. The number of aromatic hydroxyl groups is 5. The molecule has 0 saturated heterocycles. The van der Waals surface area contributed by atoms with Gasteiger partial charge in [0.25, 0.3) is 0 Å². The first kappa shape index (κ1) is 18.2. The summed E-state index contributed by atoms with van der Waals surface area (Å²) in [6.07, 6.45) is 0. The maximum absolute atomic E-state index is 12.3. The highest BCUT2D eigenvalue weighted by atomic mass is 32.3. The van der Waals surface area contributed by atoms with E-state index in [0.717, 1.165) is 18.2 Å². The first-order valence-electron chi connectivity index (χ1n) is 6.93. The average molecular weight is 398 g/mol. The smallest absolute Gasteiger partial charge is 0.446 e. The van der Waals surface area contributed by atoms with Crippen molar-refractivity contribution in [2.24, 2.45) is 0 Å². The summed E-state index contributed by atoms with van der Waals surface area (Å²) in [5, 5.41) is 48.3. The predicted octanol–water partition coefficient (Wildman–Crippen LogP) is 1.17. The molecule has 1 heterocycles.